The van der Waals surface area contributed by atoms with E-state index in [2.05, 4.69) is 12.2 Å². The average Bonchev–Trinajstić information content (AvgIpc) is 2.93. The number of carbonyl (C=O) groups is 2. The molecule has 0 heterocycles. The number of ether oxygens (including phenoxy) is 1. The van der Waals surface area contributed by atoms with Gasteiger partial charge in [-0.3, -0.25) is 9.59 Å². The van der Waals surface area contributed by atoms with Gasteiger partial charge in [-0.05, 0) is 47.4 Å². The smallest absolute Gasteiger partial charge is 0.243 e. The Kier molecular flexibility index (Phi) is 12.3. The Hall–Kier alpha value is -2.67. The summed E-state index contributed by atoms with van der Waals surface area (Å²) >= 11 is 13.9. The Morgan fingerprint density at radius 1 is 0.947 bits per heavy atom. The number of nitrogens with zero attached hydrogens (tertiary/aromatic N) is 1. The number of methoxy groups -OCH3 is 1. The highest BCUT2D eigenvalue weighted by Crippen LogP contribution is 2.25. The van der Waals surface area contributed by atoms with Gasteiger partial charge < -0.3 is 15.0 Å². The quantitative estimate of drug-likeness (QED) is 0.216. The number of unbranched alkanes of at least 4 members (excludes halogenated alkanes) is 1. The van der Waals surface area contributed by atoms with Crippen molar-refractivity contribution in [2.45, 2.75) is 44.5 Å². The summed E-state index contributed by atoms with van der Waals surface area (Å²) in [6, 6.07) is 22.2. The predicted octanol–water partition coefficient (Wildman–Crippen LogP) is 6.79. The van der Waals surface area contributed by atoms with E-state index in [9.17, 15) is 9.59 Å². The van der Waals surface area contributed by atoms with Crippen molar-refractivity contribution in [3.05, 3.63) is 99.5 Å². The molecule has 1 unspecified atom stereocenters. The maximum Gasteiger partial charge on any atom is 0.243 e. The van der Waals surface area contributed by atoms with Crippen molar-refractivity contribution in [3.63, 3.8) is 0 Å². The van der Waals surface area contributed by atoms with Crippen molar-refractivity contribution in [2.75, 3.05) is 19.4 Å². The first-order valence-electron chi connectivity index (χ1n) is 12.7. The van der Waals surface area contributed by atoms with Crippen LogP contribution in [0.2, 0.25) is 10.0 Å². The van der Waals surface area contributed by atoms with E-state index in [4.69, 9.17) is 27.9 Å². The molecule has 0 bridgehead atoms. The monoisotopic (exact) mass is 572 g/mol. The molecule has 0 saturated carbocycles. The normalized spacial score (nSPS) is 11.6. The third-order valence-corrected chi connectivity index (χ3v) is 7.82. The molecule has 0 aromatic heterocycles. The van der Waals surface area contributed by atoms with Crippen LogP contribution in [0, 0.1) is 0 Å². The van der Waals surface area contributed by atoms with Crippen LogP contribution in [-0.4, -0.2) is 42.2 Å². The molecule has 38 heavy (non-hydrogen) atoms. The topological polar surface area (TPSA) is 58.6 Å². The second-order valence-corrected chi connectivity index (χ2v) is 10.8. The SMILES string of the molecule is CCCCNC(=O)C(Cc1ccccc1)N(Cc1ccc(Cl)c(Cl)c1)C(=O)CSCc1ccc(OC)cc1. The number of thioether (sulfide) groups is 1. The summed E-state index contributed by atoms with van der Waals surface area (Å²) in [7, 11) is 1.63. The number of benzene rings is 3. The molecule has 1 atom stereocenters. The number of hydrogen-bond donors (Lipinski definition) is 1. The van der Waals surface area contributed by atoms with Crippen LogP contribution in [0.25, 0.3) is 0 Å². The summed E-state index contributed by atoms with van der Waals surface area (Å²) in [5, 5.41) is 3.90. The molecule has 5 nitrogen and oxygen atoms in total. The lowest BCUT2D eigenvalue weighted by molar-refractivity contribution is -0.139. The van der Waals surface area contributed by atoms with E-state index in [1.165, 1.54) is 11.8 Å². The predicted molar refractivity (Wildman–Crippen MR) is 158 cm³/mol. The van der Waals surface area contributed by atoms with Crippen molar-refractivity contribution in [2.24, 2.45) is 0 Å². The lowest BCUT2D eigenvalue weighted by Crippen LogP contribution is -2.51. The number of nitrogens with one attached hydrogen (secondary N) is 1. The third kappa shape index (κ3) is 9.26. The van der Waals surface area contributed by atoms with Crippen LogP contribution < -0.4 is 10.1 Å². The first-order valence-corrected chi connectivity index (χ1v) is 14.6. The number of hydrogen-bond acceptors (Lipinski definition) is 4. The van der Waals surface area contributed by atoms with Crippen LogP contribution in [0.5, 0.6) is 5.75 Å². The fourth-order valence-electron chi connectivity index (χ4n) is 3.96. The Labute approximate surface area is 239 Å². The van der Waals surface area contributed by atoms with E-state index in [-0.39, 0.29) is 24.1 Å². The summed E-state index contributed by atoms with van der Waals surface area (Å²) in [5.74, 6) is 1.43. The maximum absolute atomic E-state index is 13.7. The van der Waals surface area contributed by atoms with Crippen molar-refractivity contribution in [3.8, 4) is 5.75 Å². The fraction of sp³-hybridized carbons (Fsp3) is 0.333. The van der Waals surface area contributed by atoms with Gasteiger partial charge in [0, 0.05) is 25.3 Å². The molecule has 8 heteroatoms. The lowest BCUT2D eigenvalue weighted by Gasteiger charge is -2.31. The number of amides is 2. The maximum atomic E-state index is 13.7. The van der Waals surface area contributed by atoms with Crippen molar-refractivity contribution < 1.29 is 14.3 Å². The minimum Gasteiger partial charge on any atom is -0.497 e. The molecule has 0 spiro atoms. The molecular formula is C30H34Cl2N2O3S. The van der Waals surface area contributed by atoms with Gasteiger partial charge in [-0.15, -0.1) is 11.8 Å². The zero-order valence-corrected chi connectivity index (χ0v) is 24.1. The number of rotatable bonds is 14. The molecule has 3 aromatic carbocycles. The largest absolute Gasteiger partial charge is 0.497 e. The zero-order valence-electron chi connectivity index (χ0n) is 21.8. The molecule has 0 aliphatic carbocycles. The Morgan fingerprint density at radius 3 is 2.32 bits per heavy atom. The Bertz CT molecular complexity index is 1180. The van der Waals surface area contributed by atoms with Gasteiger partial charge in [0.1, 0.15) is 11.8 Å². The third-order valence-electron chi connectivity index (χ3n) is 6.09. The van der Waals surface area contributed by atoms with Crippen molar-refractivity contribution in [1.82, 2.24) is 10.2 Å². The standard InChI is InChI=1S/C30H34Cl2N2O3S/c1-3-4-16-33-30(36)28(18-22-8-6-5-7-9-22)34(19-24-12-15-26(31)27(32)17-24)29(35)21-38-20-23-10-13-25(37-2)14-11-23/h5-15,17,28H,3-4,16,18-21H2,1-2H3,(H,33,36). The molecule has 3 rings (SSSR count). The van der Waals surface area contributed by atoms with Gasteiger partial charge in [-0.25, -0.2) is 0 Å². The summed E-state index contributed by atoms with van der Waals surface area (Å²) in [5.41, 5.74) is 2.89. The highest BCUT2D eigenvalue weighted by atomic mass is 35.5. The molecule has 3 aromatic rings. The lowest BCUT2D eigenvalue weighted by atomic mass is 10.0. The Morgan fingerprint density at radius 2 is 1.66 bits per heavy atom. The molecule has 0 fully saturated rings. The molecule has 2 amide bonds. The van der Waals surface area contributed by atoms with Gasteiger partial charge in [0.15, 0.2) is 0 Å². The zero-order chi connectivity index (χ0) is 27.3. The molecule has 1 N–H and O–H groups in total. The Balaban J connectivity index is 1.83. The number of halogens is 2. The highest BCUT2D eigenvalue weighted by Gasteiger charge is 2.30. The van der Waals surface area contributed by atoms with Crippen LogP contribution >= 0.6 is 35.0 Å². The van der Waals surface area contributed by atoms with Crippen LogP contribution in [-0.2, 0) is 28.3 Å². The second kappa shape index (κ2) is 15.7. The van der Waals surface area contributed by atoms with Gasteiger partial charge in [0.25, 0.3) is 0 Å². The van der Waals surface area contributed by atoms with E-state index in [1.807, 2.05) is 60.7 Å². The van der Waals surface area contributed by atoms with E-state index in [0.29, 0.717) is 28.8 Å². The van der Waals surface area contributed by atoms with E-state index in [1.54, 1.807) is 24.1 Å². The van der Waals surface area contributed by atoms with Gasteiger partial charge in [-0.2, -0.15) is 0 Å². The summed E-state index contributed by atoms with van der Waals surface area (Å²) in [6.07, 6.45) is 2.26. The van der Waals surface area contributed by atoms with Crippen LogP contribution in [0.15, 0.2) is 72.8 Å². The minimum absolute atomic E-state index is 0.110. The summed E-state index contributed by atoms with van der Waals surface area (Å²) in [6.45, 7) is 2.90. The molecule has 0 aliphatic rings. The average molecular weight is 574 g/mol. The summed E-state index contributed by atoms with van der Waals surface area (Å²) < 4.78 is 5.23. The van der Waals surface area contributed by atoms with Crippen molar-refractivity contribution >= 4 is 46.8 Å². The van der Waals surface area contributed by atoms with Gasteiger partial charge in [0.05, 0.1) is 22.9 Å². The highest BCUT2D eigenvalue weighted by molar-refractivity contribution is 7.99. The summed E-state index contributed by atoms with van der Waals surface area (Å²) in [4.78, 5) is 28.8. The molecule has 0 aliphatic heterocycles. The van der Waals surface area contributed by atoms with Crippen LogP contribution in [0.4, 0.5) is 0 Å². The van der Waals surface area contributed by atoms with Crippen LogP contribution in [0.3, 0.4) is 0 Å². The minimum atomic E-state index is -0.669. The molecular weight excluding hydrogens is 539 g/mol. The molecule has 0 radical (unpaired) electrons. The van der Waals surface area contributed by atoms with Gasteiger partial charge in [-0.1, -0.05) is 85.1 Å². The van der Waals surface area contributed by atoms with E-state index in [0.717, 1.165) is 35.3 Å². The first kappa shape index (κ1) is 29.9. The van der Waals surface area contributed by atoms with Gasteiger partial charge >= 0.3 is 0 Å². The van der Waals surface area contributed by atoms with Crippen molar-refractivity contribution in [1.29, 1.82) is 0 Å². The number of carbonyl (C=O) groups excluding carboxylic acids is 2. The second-order valence-electron chi connectivity index (χ2n) is 8.96. The van der Waals surface area contributed by atoms with E-state index < -0.39 is 6.04 Å². The fourth-order valence-corrected chi connectivity index (χ4v) is 5.15. The van der Waals surface area contributed by atoms with Crippen LogP contribution in [0.1, 0.15) is 36.5 Å². The molecule has 202 valence electrons. The van der Waals surface area contributed by atoms with Gasteiger partial charge in [0.2, 0.25) is 11.8 Å². The van der Waals surface area contributed by atoms with E-state index >= 15 is 0 Å². The first-order chi connectivity index (χ1) is 18.4. The molecule has 0 saturated heterocycles.